The Balaban J connectivity index is 1.88. The van der Waals surface area contributed by atoms with Crippen LogP contribution in [0.25, 0.3) is 27.8 Å². The normalized spacial score (nSPS) is 12.1. The van der Waals surface area contributed by atoms with E-state index < -0.39 is 0 Å². The van der Waals surface area contributed by atoms with Gasteiger partial charge < -0.3 is 15.2 Å². The fourth-order valence-corrected chi connectivity index (χ4v) is 3.45. The maximum atomic E-state index is 6.01. The zero-order valence-electron chi connectivity index (χ0n) is 16.2. The minimum atomic E-state index is -0.0273. The SMILES string of the molecule is COc1cccc(-c2cccc(-n3cnc4cc(C(C)N)ccc43)c2OC)c1. The van der Waals surface area contributed by atoms with Crippen molar-refractivity contribution in [3.05, 3.63) is 72.6 Å². The van der Waals surface area contributed by atoms with Crippen LogP contribution in [-0.4, -0.2) is 23.8 Å². The number of hydrogen-bond acceptors (Lipinski definition) is 4. The molecule has 5 heteroatoms. The van der Waals surface area contributed by atoms with Crippen molar-refractivity contribution in [1.82, 2.24) is 9.55 Å². The zero-order valence-corrected chi connectivity index (χ0v) is 16.2. The highest BCUT2D eigenvalue weighted by atomic mass is 16.5. The van der Waals surface area contributed by atoms with Gasteiger partial charge in [0, 0.05) is 11.6 Å². The summed E-state index contributed by atoms with van der Waals surface area (Å²) in [5.41, 5.74) is 11.9. The Morgan fingerprint density at radius 3 is 2.54 bits per heavy atom. The van der Waals surface area contributed by atoms with Crippen molar-refractivity contribution in [3.8, 4) is 28.3 Å². The van der Waals surface area contributed by atoms with Crippen molar-refractivity contribution < 1.29 is 9.47 Å². The van der Waals surface area contributed by atoms with E-state index in [2.05, 4.69) is 11.1 Å². The lowest BCUT2D eigenvalue weighted by molar-refractivity contribution is 0.413. The topological polar surface area (TPSA) is 62.3 Å². The molecular formula is C23H23N3O2. The molecule has 0 fully saturated rings. The lowest BCUT2D eigenvalue weighted by Gasteiger charge is -2.15. The van der Waals surface area contributed by atoms with Crippen molar-refractivity contribution in [1.29, 1.82) is 0 Å². The highest BCUT2D eigenvalue weighted by molar-refractivity contribution is 5.82. The van der Waals surface area contributed by atoms with Crippen LogP contribution in [0, 0.1) is 0 Å². The van der Waals surface area contributed by atoms with Gasteiger partial charge in [0.05, 0.1) is 30.9 Å². The summed E-state index contributed by atoms with van der Waals surface area (Å²) < 4.78 is 13.2. The number of rotatable bonds is 5. The van der Waals surface area contributed by atoms with Crippen LogP contribution in [0.2, 0.25) is 0 Å². The number of para-hydroxylation sites is 1. The largest absolute Gasteiger partial charge is 0.497 e. The second-order valence-electron chi connectivity index (χ2n) is 6.74. The van der Waals surface area contributed by atoms with E-state index >= 15 is 0 Å². The fourth-order valence-electron chi connectivity index (χ4n) is 3.45. The quantitative estimate of drug-likeness (QED) is 0.549. The van der Waals surface area contributed by atoms with E-state index in [0.717, 1.165) is 44.9 Å². The number of nitrogens with two attached hydrogens (primary N) is 1. The first-order chi connectivity index (χ1) is 13.6. The third kappa shape index (κ3) is 3.10. The zero-order chi connectivity index (χ0) is 19.7. The van der Waals surface area contributed by atoms with Crippen molar-refractivity contribution in [2.75, 3.05) is 14.2 Å². The number of hydrogen-bond donors (Lipinski definition) is 1. The molecule has 0 aliphatic carbocycles. The van der Waals surface area contributed by atoms with Gasteiger partial charge in [-0.15, -0.1) is 0 Å². The summed E-state index contributed by atoms with van der Waals surface area (Å²) in [6, 6.07) is 20.2. The summed E-state index contributed by atoms with van der Waals surface area (Å²) in [6.07, 6.45) is 1.82. The molecule has 1 unspecified atom stereocenters. The second-order valence-corrected chi connectivity index (χ2v) is 6.74. The number of nitrogens with zero attached hydrogens (tertiary/aromatic N) is 2. The van der Waals surface area contributed by atoms with Crippen molar-refractivity contribution in [2.24, 2.45) is 5.73 Å². The molecular weight excluding hydrogens is 350 g/mol. The third-order valence-electron chi connectivity index (χ3n) is 4.94. The minimum absolute atomic E-state index is 0.0273. The molecule has 0 bridgehead atoms. The van der Waals surface area contributed by atoms with Crippen LogP contribution in [0.5, 0.6) is 11.5 Å². The summed E-state index contributed by atoms with van der Waals surface area (Å²) in [6.45, 7) is 1.97. The van der Waals surface area contributed by atoms with Gasteiger partial charge in [0.2, 0.25) is 0 Å². The molecule has 1 heterocycles. The van der Waals surface area contributed by atoms with Gasteiger partial charge in [-0.3, -0.25) is 4.57 Å². The molecule has 1 atom stereocenters. The second kappa shape index (κ2) is 7.37. The first-order valence-corrected chi connectivity index (χ1v) is 9.16. The van der Waals surface area contributed by atoms with Crippen LogP contribution >= 0.6 is 0 Å². The van der Waals surface area contributed by atoms with Crippen LogP contribution in [-0.2, 0) is 0 Å². The molecule has 0 aliphatic heterocycles. The number of ether oxygens (including phenoxy) is 2. The first-order valence-electron chi connectivity index (χ1n) is 9.16. The molecule has 142 valence electrons. The van der Waals surface area contributed by atoms with Crippen molar-refractivity contribution in [3.63, 3.8) is 0 Å². The molecule has 0 amide bonds. The molecule has 4 rings (SSSR count). The molecule has 3 aromatic carbocycles. The third-order valence-corrected chi connectivity index (χ3v) is 4.94. The van der Waals surface area contributed by atoms with Crippen molar-refractivity contribution >= 4 is 11.0 Å². The lowest BCUT2D eigenvalue weighted by atomic mass is 10.0. The highest BCUT2D eigenvalue weighted by Gasteiger charge is 2.15. The highest BCUT2D eigenvalue weighted by Crippen LogP contribution is 2.37. The maximum absolute atomic E-state index is 6.01. The molecule has 0 saturated heterocycles. The number of benzene rings is 3. The molecule has 4 aromatic rings. The number of imidazole rings is 1. The number of aromatic nitrogens is 2. The fraction of sp³-hybridized carbons (Fsp3) is 0.174. The average molecular weight is 373 g/mol. The molecule has 0 radical (unpaired) electrons. The molecule has 5 nitrogen and oxygen atoms in total. The Morgan fingerprint density at radius 1 is 0.964 bits per heavy atom. The minimum Gasteiger partial charge on any atom is -0.497 e. The van der Waals surface area contributed by atoms with Gasteiger partial charge in [0.25, 0.3) is 0 Å². The van der Waals surface area contributed by atoms with E-state index in [9.17, 15) is 0 Å². The monoisotopic (exact) mass is 373 g/mol. The van der Waals surface area contributed by atoms with Crippen LogP contribution < -0.4 is 15.2 Å². The van der Waals surface area contributed by atoms with E-state index in [4.69, 9.17) is 15.2 Å². The Hall–Kier alpha value is -3.31. The predicted molar refractivity (Wildman–Crippen MR) is 112 cm³/mol. The molecule has 2 N–H and O–H groups in total. The predicted octanol–water partition coefficient (Wildman–Crippen LogP) is 4.73. The van der Waals surface area contributed by atoms with E-state index in [1.807, 2.05) is 72.4 Å². The molecule has 0 spiro atoms. The standard InChI is InChI=1S/C23H23N3O2/c1-15(24)16-10-11-21-20(13-16)25-14-26(21)22-9-5-8-19(23(22)28-3)17-6-4-7-18(12-17)27-2/h4-15H,24H2,1-3H3. The molecule has 1 aromatic heterocycles. The molecule has 28 heavy (non-hydrogen) atoms. The lowest BCUT2D eigenvalue weighted by Crippen LogP contribution is -2.04. The molecule has 0 saturated carbocycles. The molecule has 0 aliphatic rings. The van der Waals surface area contributed by atoms with Gasteiger partial charge in [0.1, 0.15) is 12.1 Å². The van der Waals surface area contributed by atoms with Gasteiger partial charge >= 0.3 is 0 Å². The number of fused-ring (bicyclic) bond motifs is 1. The summed E-state index contributed by atoms with van der Waals surface area (Å²) in [7, 11) is 3.36. The van der Waals surface area contributed by atoms with Crippen LogP contribution in [0.1, 0.15) is 18.5 Å². The summed E-state index contributed by atoms with van der Waals surface area (Å²) >= 11 is 0. The smallest absolute Gasteiger partial charge is 0.150 e. The number of methoxy groups -OCH3 is 2. The van der Waals surface area contributed by atoms with Crippen LogP contribution in [0.4, 0.5) is 0 Å². The van der Waals surface area contributed by atoms with Crippen LogP contribution in [0.3, 0.4) is 0 Å². The maximum Gasteiger partial charge on any atom is 0.150 e. The average Bonchev–Trinajstić information content (AvgIpc) is 3.16. The van der Waals surface area contributed by atoms with E-state index in [1.54, 1.807) is 14.2 Å². The van der Waals surface area contributed by atoms with E-state index in [-0.39, 0.29) is 6.04 Å². The Kier molecular flexibility index (Phi) is 4.75. The van der Waals surface area contributed by atoms with Gasteiger partial charge in [-0.25, -0.2) is 4.98 Å². The summed E-state index contributed by atoms with van der Waals surface area (Å²) in [4.78, 5) is 4.58. The van der Waals surface area contributed by atoms with Gasteiger partial charge in [-0.1, -0.05) is 30.3 Å². The van der Waals surface area contributed by atoms with Gasteiger partial charge in [-0.05, 0) is 48.4 Å². The Labute approximate surface area is 164 Å². The Morgan fingerprint density at radius 2 is 1.79 bits per heavy atom. The van der Waals surface area contributed by atoms with Crippen LogP contribution in [0.15, 0.2) is 67.0 Å². The summed E-state index contributed by atoms with van der Waals surface area (Å²) in [5, 5.41) is 0. The van der Waals surface area contributed by atoms with E-state index in [0.29, 0.717) is 0 Å². The van der Waals surface area contributed by atoms with Crippen molar-refractivity contribution in [2.45, 2.75) is 13.0 Å². The van der Waals surface area contributed by atoms with Gasteiger partial charge in [-0.2, -0.15) is 0 Å². The first kappa shape index (κ1) is 18.1. The van der Waals surface area contributed by atoms with E-state index in [1.165, 1.54) is 0 Å². The summed E-state index contributed by atoms with van der Waals surface area (Å²) in [5.74, 6) is 1.59. The Bertz CT molecular complexity index is 1130. The van der Waals surface area contributed by atoms with Gasteiger partial charge in [0.15, 0.2) is 5.75 Å².